The second-order valence-corrected chi connectivity index (χ2v) is 11.4. The van der Waals surface area contributed by atoms with Gasteiger partial charge in [-0.3, -0.25) is 4.79 Å². The van der Waals surface area contributed by atoms with Crippen molar-refractivity contribution < 1.29 is 19.1 Å². The molecule has 0 aliphatic heterocycles. The molecule has 2 amide bonds. The summed E-state index contributed by atoms with van der Waals surface area (Å²) in [6.07, 6.45) is 4.38. The van der Waals surface area contributed by atoms with Crippen molar-refractivity contribution in [3.63, 3.8) is 0 Å². The maximum absolute atomic E-state index is 13.5. The molecule has 6 nitrogen and oxygen atoms in total. The average molecular weight is 537 g/mol. The van der Waals surface area contributed by atoms with Crippen LogP contribution in [0.5, 0.6) is 5.75 Å². The van der Waals surface area contributed by atoms with Crippen molar-refractivity contribution in [2.45, 2.75) is 77.0 Å². The molecule has 2 atom stereocenters. The van der Waals surface area contributed by atoms with Crippen LogP contribution < -0.4 is 15.4 Å². The molecule has 2 N–H and O–H groups in total. The van der Waals surface area contributed by atoms with E-state index in [1.165, 1.54) is 5.56 Å². The fraction of sp³-hybridized carbons (Fsp3) is 0.419. The number of aryl methyl sites for hydroxylation is 1. The summed E-state index contributed by atoms with van der Waals surface area (Å²) in [5.74, 6) is 0.568. The van der Waals surface area contributed by atoms with Gasteiger partial charge in [0, 0.05) is 4.88 Å². The summed E-state index contributed by atoms with van der Waals surface area (Å²) in [4.78, 5) is 27.2. The number of methoxy groups -OCH3 is 1. The van der Waals surface area contributed by atoms with Crippen molar-refractivity contribution in [3.05, 3.63) is 88.1 Å². The van der Waals surface area contributed by atoms with Gasteiger partial charge in [-0.2, -0.15) is 0 Å². The Bertz CT molecular complexity index is 1130. The minimum Gasteiger partial charge on any atom is -0.497 e. The van der Waals surface area contributed by atoms with Crippen LogP contribution in [0, 0.1) is 0 Å². The van der Waals surface area contributed by atoms with Crippen molar-refractivity contribution in [2.75, 3.05) is 7.11 Å². The van der Waals surface area contributed by atoms with Crippen LogP contribution in [0.15, 0.2) is 72.1 Å². The highest BCUT2D eigenvalue weighted by Gasteiger charge is 2.27. The maximum atomic E-state index is 13.5. The number of hydrogen-bond donors (Lipinski definition) is 2. The standard InChI is InChI=1S/C31H40N2O4S/c1-31(2,3)37-30(35)33-26(18-10-6-9-15-23-13-7-5-8-14-23)29(34)32-27(28-19-12-20-38-28)22-24-16-11-17-25(21-24)36-4/h5,7-8,11-14,16-17,19-21,26-27H,6,9-10,15,18,22H2,1-4H3,(H,32,34)(H,33,35)/t26-,27?/m1/s1. The first-order valence-corrected chi connectivity index (χ1v) is 14.1. The molecule has 204 valence electrons. The minimum atomic E-state index is -0.686. The third-order valence-electron chi connectivity index (χ3n) is 6.09. The van der Waals surface area contributed by atoms with Crippen LogP contribution in [0.3, 0.4) is 0 Å². The van der Waals surface area contributed by atoms with Gasteiger partial charge in [0.05, 0.1) is 13.2 Å². The molecule has 0 fully saturated rings. The number of benzene rings is 2. The molecule has 1 unspecified atom stereocenters. The Labute approximate surface area is 230 Å². The molecule has 1 aromatic heterocycles. The van der Waals surface area contributed by atoms with Gasteiger partial charge in [0.15, 0.2) is 0 Å². The Morgan fingerprint density at radius 3 is 2.34 bits per heavy atom. The summed E-state index contributed by atoms with van der Waals surface area (Å²) in [5, 5.41) is 8.03. The largest absolute Gasteiger partial charge is 0.497 e. The number of alkyl carbamates (subject to hydrolysis) is 1. The molecule has 0 aliphatic carbocycles. The first-order valence-electron chi connectivity index (χ1n) is 13.2. The van der Waals surface area contributed by atoms with E-state index >= 15 is 0 Å². The molecule has 3 aromatic rings. The van der Waals surface area contributed by atoms with E-state index < -0.39 is 17.7 Å². The molecule has 0 bridgehead atoms. The van der Waals surface area contributed by atoms with E-state index in [1.807, 2.05) is 68.6 Å². The van der Waals surface area contributed by atoms with Crippen molar-refractivity contribution >= 4 is 23.3 Å². The van der Waals surface area contributed by atoms with Crippen molar-refractivity contribution in [1.29, 1.82) is 0 Å². The van der Waals surface area contributed by atoms with Crippen molar-refractivity contribution in [1.82, 2.24) is 10.6 Å². The third kappa shape index (κ3) is 10.2. The van der Waals surface area contributed by atoms with Gasteiger partial charge in [0.25, 0.3) is 0 Å². The topological polar surface area (TPSA) is 76.7 Å². The summed E-state index contributed by atoms with van der Waals surface area (Å²) in [6, 6.07) is 21.3. The highest BCUT2D eigenvalue weighted by atomic mass is 32.1. The first kappa shape index (κ1) is 29.2. The number of carbonyl (C=O) groups excluding carboxylic acids is 2. The normalized spacial score (nSPS) is 12.8. The molecule has 0 spiro atoms. The SMILES string of the molecule is COc1cccc(CC(NC(=O)[C@@H](CCCCCc2ccccc2)NC(=O)OC(C)(C)C)c2cccs2)c1. The molecular formula is C31H40N2O4S. The fourth-order valence-electron chi connectivity index (χ4n) is 4.24. The number of carbonyl (C=O) groups is 2. The number of hydrogen-bond acceptors (Lipinski definition) is 5. The smallest absolute Gasteiger partial charge is 0.408 e. The molecule has 38 heavy (non-hydrogen) atoms. The van der Waals surface area contributed by atoms with Crippen LogP contribution in [-0.4, -0.2) is 30.8 Å². The lowest BCUT2D eigenvalue weighted by molar-refractivity contribution is -0.124. The lowest BCUT2D eigenvalue weighted by Crippen LogP contribution is -2.49. The monoisotopic (exact) mass is 536 g/mol. The van der Waals surface area contributed by atoms with Crippen LogP contribution in [-0.2, 0) is 22.4 Å². The van der Waals surface area contributed by atoms with Crippen LogP contribution in [0.4, 0.5) is 4.79 Å². The van der Waals surface area contributed by atoms with E-state index in [9.17, 15) is 9.59 Å². The first-order chi connectivity index (χ1) is 18.2. The van der Waals surface area contributed by atoms with Gasteiger partial charge < -0.3 is 20.1 Å². The lowest BCUT2D eigenvalue weighted by atomic mass is 10.0. The van der Waals surface area contributed by atoms with Gasteiger partial charge in [-0.15, -0.1) is 11.3 Å². The molecule has 7 heteroatoms. The zero-order valence-corrected chi connectivity index (χ0v) is 23.7. The van der Waals surface area contributed by atoms with Crippen LogP contribution in [0.1, 0.15) is 68.5 Å². The number of ether oxygens (including phenoxy) is 2. The van der Waals surface area contributed by atoms with E-state index in [0.717, 1.165) is 41.9 Å². The highest BCUT2D eigenvalue weighted by molar-refractivity contribution is 7.10. The van der Waals surface area contributed by atoms with E-state index in [2.05, 4.69) is 34.9 Å². The Morgan fingerprint density at radius 1 is 0.895 bits per heavy atom. The summed E-state index contributed by atoms with van der Waals surface area (Å²) >= 11 is 1.60. The molecule has 0 aliphatic rings. The Morgan fingerprint density at radius 2 is 1.66 bits per heavy atom. The summed E-state index contributed by atoms with van der Waals surface area (Å²) in [7, 11) is 1.64. The van der Waals surface area contributed by atoms with E-state index in [4.69, 9.17) is 9.47 Å². The Balaban J connectivity index is 1.66. The molecule has 0 saturated heterocycles. The highest BCUT2D eigenvalue weighted by Crippen LogP contribution is 2.25. The van der Waals surface area contributed by atoms with Crippen LogP contribution in [0.2, 0.25) is 0 Å². The third-order valence-corrected chi connectivity index (χ3v) is 7.07. The van der Waals surface area contributed by atoms with Crippen molar-refractivity contribution in [3.8, 4) is 5.75 Å². The van der Waals surface area contributed by atoms with Gasteiger partial charge in [0.2, 0.25) is 5.91 Å². The predicted molar refractivity (Wildman–Crippen MR) is 154 cm³/mol. The van der Waals surface area contributed by atoms with Crippen molar-refractivity contribution in [2.24, 2.45) is 0 Å². The van der Waals surface area contributed by atoms with Crippen LogP contribution >= 0.6 is 11.3 Å². The van der Waals surface area contributed by atoms with Gasteiger partial charge >= 0.3 is 6.09 Å². The van der Waals surface area contributed by atoms with E-state index in [1.54, 1.807) is 18.4 Å². The number of nitrogens with one attached hydrogen (secondary N) is 2. The molecule has 3 rings (SSSR count). The number of thiophene rings is 1. The summed E-state index contributed by atoms with van der Waals surface area (Å²) < 4.78 is 10.8. The average Bonchev–Trinajstić information content (AvgIpc) is 3.42. The molecule has 0 radical (unpaired) electrons. The summed E-state index contributed by atoms with van der Waals surface area (Å²) in [5.41, 5.74) is 1.72. The summed E-state index contributed by atoms with van der Waals surface area (Å²) in [6.45, 7) is 5.44. The van der Waals surface area contributed by atoms with Gasteiger partial charge in [-0.05, 0) is 81.2 Å². The Hall–Kier alpha value is -3.32. The zero-order chi connectivity index (χ0) is 27.4. The number of rotatable bonds is 13. The Kier molecular flexibility index (Phi) is 11.2. The molecule has 1 heterocycles. The predicted octanol–water partition coefficient (Wildman–Crippen LogP) is 6.85. The molecule has 2 aromatic carbocycles. The van der Waals surface area contributed by atoms with Gasteiger partial charge in [0.1, 0.15) is 17.4 Å². The number of amides is 2. The molecular weight excluding hydrogens is 496 g/mol. The quantitative estimate of drug-likeness (QED) is 0.234. The maximum Gasteiger partial charge on any atom is 0.408 e. The van der Waals surface area contributed by atoms with Gasteiger partial charge in [-0.1, -0.05) is 61.4 Å². The van der Waals surface area contributed by atoms with E-state index in [-0.39, 0.29) is 11.9 Å². The second kappa shape index (κ2) is 14.6. The van der Waals surface area contributed by atoms with Gasteiger partial charge in [-0.25, -0.2) is 4.79 Å². The van der Waals surface area contributed by atoms with E-state index in [0.29, 0.717) is 12.8 Å². The minimum absolute atomic E-state index is 0.208. The fourth-order valence-corrected chi connectivity index (χ4v) is 5.02. The lowest BCUT2D eigenvalue weighted by Gasteiger charge is -2.25. The molecule has 0 saturated carbocycles. The van der Waals surface area contributed by atoms with Crippen LogP contribution in [0.25, 0.3) is 0 Å². The second-order valence-electron chi connectivity index (χ2n) is 10.4. The number of unbranched alkanes of at least 4 members (excludes halogenated alkanes) is 2. The zero-order valence-electron chi connectivity index (χ0n) is 22.9.